The summed E-state index contributed by atoms with van der Waals surface area (Å²) in [5, 5.41) is 2.71. The van der Waals surface area contributed by atoms with Crippen LogP contribution in [0.5, 0.6) is 0 Å². The fraction of sp³-hybridized carbons (Fsp3) is 0.533. The lowest BCUT2D eigenvalue weighted by molar-refractivity contribution is -0.133. The topological polar surface area (TPSA) is 71.4 Å². The van der Waals surface area contributed by atoms with Crippen LogP contribution in [0.25, 0.3) is 0 Å². The number of amides is 2. The van der Waals surface area contributed by atoms with E-state index in [0.29, 0.717) is 19.5 Å². The summed E-state index contributed by atoms with van der Waals surface area (Å²) in [6.07, 6.45) is 4.09. The zero-order valence-electron chi connectivity index (χ0n) is 12.5. The van der Waals surface area contributed by atoms with Gasteiger partial charge in [-0.15, -0.1) is 0 Å². The Morgan fingerprint density at radius 3 is 2.81 bits per heavy atom. The number of hydrogen-bond acceptors (Lipinski definition) is 3. The number of carbonyl (C=O) groups is 2. The molecule has 21 heavy (non-hydrogen) atoms. The van der Waals surface area contributed by atoms with Gasteiger partial charge in [0.25, 0.3) is 5.91 Å². The molecule has 0 radical (unpaired) electrons. The van der Waals surface area contributed by atoms with Crippen molar-refractivity contribution in [1.82, 2.24) is 14.8 Å². The first-order valence-electron chi connectivity index (χ1n) is 7.22. The van der Waals surface area contributed by atoms with Gasteiger partial charge in [0.2, 0.25) is 5.91 Å². The van der Waals surface area contributed by atoms with Gasteiger partial charge in [0.15, 0.2) is 5.43 Å². The Hall–Kier alpha value is -2.11. The number of rotatable bonds is 4. The molecule has 0 aliphatic carbocycles. The van der Waals surface area contributed by atoms with Gasteiger partial charge in [-0.1, -0.05) is 0 Å². The van der Waals surface area contributed by atoms with Gasteiger partial charge in [0.1, 0.15) is 5.56 Å². The molecule has 1 aromatic rings. The Morgan fingerprint density at radius 1 is 1.33 bits per heavy atom. The zero-order chi connectivity index (χ0) is 15.4. The van der Waals surface area contributed by atoms with Crippen molar-refractivity contribution in [3.8, 4) is 0 Å². The molecule has 6 nitrogen and oxygen atoms in total. The van der Waals surface area contributed by atoms with Gasteiger partial charge >= 0.3 is 0 Å². The summed E-state index contributed by atoms with van der Waals surface area (Å²) >= 11 is 0. The van der Waals surface area contributed by atoms with E-state index >= 15 is 0 Å². The van der Waals surface area contributed by atoms with E-state index in [0.717, 1.165) is 25.1 Å². The van der Waals surface area contributed by atoms with E-state index in [1.165, 1.54) is 6.07 Å². The van der Waals surface area contributed by atoms with Crippen LogP contribution in [0, 0.1) is 6.92 Å². The summed E-state index contributed by atoms with van der Waals surface area (Å²) < 4.78 is 1.74. The van der Waals surface area contributed by atoms with E-state index in [1.807, 2.05) is 6.92 Å². The molecule has 0 atom stereocenters. The molecule has 2 heterocycles. The molecule has 1 N–H and O–H groups in total. The lowest BCUT2D eigenvalue weighted by Crippen LogP contribution is -2.41. The molecule has 1 aliphatic heterocycles. The van der Waals surface area contributed by atoms with Gasteiger partial charge in [-0.25, -0.2) is 0 Å². The minimum atomic E-state index is -0.389. The van der Waals surface area contributed by atoms with E-state index in [9.17, 15) is 14.4 Å². The highest BCUT2D eigenvalue weighted by Gasteiger charge is 2.18. The minimum absolute atomic E-state index is 0.132. The van der Waals surface area contributed by atoms with Crippen molar-refractivity contribution in [3.63, 3.8) is 0 Å². The normalized spacial score (nSPS) is 15.1. The SMILES string of the molecule is Cc1cc(=O)c(C(=O)NCCN2CCCCC2=O)cn1C. The van der Waals surface area contributed by atoms with Crippen LogP contribution in [0.2, 0.25) is 0 Å². The molecule has 0 saturated carbocycles. The molecule has 114 valence electrons. The maximum atomic E-state index is 12.0. The van der Waals surface area contributed by atoms with E-state index in [4.69, 9.17) is 0 Å². The van der Waals surface area contributed by atoms with Crippen LogP contribution in [0.15, 0.2) is 17.1 Å². The molecule has 1 aliphatic rings. The fourth-order valence-electron chi connectivity index (χ4n) is 2.40. The van der Waals surface area contributed by atoms with Gasteiger partial charge < -0.3 is 14.8 Å². The third-order valence-corrected chi connectivity index (χ3v) is 3.82. The monoisotopic (exact) mass is 291 g/mol. The van der Waals surface area contributed by atoms with Gasteiger partial charge in [-0.3, -0.25) is 14.4 Å². The third-order valence-electron chi connectivity index (χ3n) is 3.82. The van der Waals surface area contributed by atoms with Crippen molar-refractivity contribution in [2.75, 3.05) is 19.6 Å². The van der Waals surface area contributed by atoms with Crippen molar-refractivity contribution in [3.05, 3.63) is 33.7 Å². The highest BCUT2D eigenvalue weighted by molar-refractivity contribution is 5.93. The Morgan fingerprint density at radius 2 is 2.10 bits per heavy atom. The number of nitrogens with zero attached hydrogens (tertiary/aromatic N) is 2. The number of carbonyl (C=O) groups excluding carboxylic acids is 2. The third kappa shape index (κ3) is 3.71. The van der Waals surface area contributed by atoms with Gasteiger partial charge in [0.05, 0.1) is 0 Å². The Bertz CT molecular complexity index is 607. The maximum absolute atomic E-state index is 12.0. The van der Waals surface area contributed by atoms with Crippen LogP contribution >= 0.6 is 0 Å². The summed E-state index contributed by atoms with van der Waals surface area (Å²) in [7, 11) is 1.79. The largest absolute Gasteiger partial charge is 0.354 e. The number of aryl methyl sites for hydroxylation is 2. The van der Waals surface area contributed by atoms with Crippen molar-refractivity contribution in [2.45, 2.75) is 26.2 Å². The molecule has 0 unspecified atom stereocenters. The molecule has 2 amide bonds. The average molecular weight is 291 g/mol. The van der Waals surface area contributed by atoms with Crippen molar-refractivity contribution in [2.24, 2.45) is 7.05 Å². The van der Waals surface area contributed by atoms with E-state index in [2.05, 4.69) is 5.32 Å². The molecular weight excluding hydrogens is 270 g/mol. The van der Waals surface area contributed by atoms with Crippen LogP contribution < -0.4 is 10.7 Å². The molecule has 6 heteroatoms. The lowest BCUT2D eigenvalue weighted by Gasteiger charge is -2.26. The summed E-state index contributed by atoms with van der Waals surface area (Å²) in [5.74, 6) is -0.248. The second kappa shape index (κ2) is 6.56. The summed E-state index contributed by atoms with van der Waals surface area (Å²) in [6.45, 7) is 3.42. The number of pyridine rings is 1. The minimum Gasteiger partial charge on any atom is -0.354 e. The fourth-order valence-corrected chi connectivity index (χ4v) is 2.40. The lowest BCUT2D eigenvalue weighted by atomic mass is 10.1. The van der Waals surface area contributed by atoms with Gasteiger partial charge in [0, 0.05) is 51.1 Å². The molecule has 1 aromatic heterocycles. The van der Waals surface area contributed by atoms with Gasteiger partial charge in [-0.05, 0) is 19.8 Å². The first-order valence-corrected chi connectivity index (χ1v) is 7.22. The molecule has 0 spiro atoms. The maximum Gasteiger partial charge on any atom is 0.256 e. The molecule has 0 aromatic carbocycles. The van der Waals surface area contributed by atoms with Crippen LogP contribution in [-0.2, 0) is 11.8 Å². The predicted octanol–water partition coefficient (Wildman–Crippen LogP) is 0.436. The highest BCUT2D eigenvalue weighted by Crippen LogP contribution is 2.09. The van der Waals surface area contributed by atoms with Crippen molar-refractivity contribution < 1.29 is 9.59 Å². The van der Waals surface area contributed by atoms with E-state index in [-0.39, 0.29) is 22.8 Å². The molecule has 1 saturated heterocycles. The average Bonchev–Trinajstić information content (AvgIpc) is 2.44. The summed E-state index contributed by atoms with van der Waals surface area (Å²) in [5.41, 5.74) is 0.653. The Labute approximate surface area is 123 Å². The van der Waals surface area contributed by atoms with E-state index < -0.39 is 0 Å². The molecule has 0 bridgehead atoms. The second-order valence-electron chi connectivity index (χ2n) is 5.40. The first kappa shape index (κ1) is 15.3. The number of hydrogen-bond donors (Lipinski definition) is 1. The van der Waals surface area contributed by atoms with Crippen LogP contribution in [0.4, 0.5) is 0 Å². The molecule has 2 rings (SSSR count). The van der Waals surface area contributed by atoms with Gasteiger partial charge in [-0.2, -0.15) is 0 Å². The van der Waals surface area contributed by atoms with Crippen LogP contribution in [0.1, 0.15) is 35.3 Å². The summed E-state index contributed by atoms with van der Waals surface area (Å²) in [4.78, 5) is 37.2. The number of aromatic nitrogens is 1. The first-order chi connectivity index (χ1) is 9.99. The van der Waals surface area contributed by atoms with Crippen LogP contribution in [-0.4, -0.2) is 40.9 Å². The van der Waals surface area contributed by atoms with Crippen LogP contribution in [0.3, 0.4) is 0 Å². The van der Waals surface area contributed by atoms with Crippen molar-refractivity contribution >= 4 is 11.8 Å². The molecular formula is C15H21N3O3. The number of nitrogens with one attached hydrogen (secondary N) is 1. The zero-order valence-corrected chi connectivity index (χ0v) is 12.5. The standard InChI is InChI=1S/C15H21N3O3/c1-11-9-13(19)12(10-17(11)2)15(21)16-6-8-18-7-4-3-5-14(18)20/h9-10H,3-8H2,1-2H3,(H,16,21). The number of likely N-dealkylation sites (tertiary alicyclic amines) is 1. The smallest absolute Gasteiger partial charge is 0.256 e. The van der Waals surface area contributed by atoms with E-state index in [1.54, 1.807) is 22.7 Å². The number of piperidine rings is 1. The van der Waals surface area contributed by atoms with Crippen molar-refractivity contribution in [1.29, 1.82) is 0 Å². The predicted molar refractivity (Wildman–Crippen MR) is 79.2 cm³/mol. The second-order valence-corrected chi connectivity index (χ2v) is 5.40. The Balaban J connectivity index is 1.92. The quantitative estimate of drug-likeness (QED) is 0.875. The molecule has 1 fully saturated rings. The summed E-state index contributed by atoms with van der Waals surface area (Å²) in [6, 6.07) is 1.45. The Kier molecular flexibility index (Phi) is 4.77. The highest BCUT2D eigenvalue weighted by atomic mass is 16.2.